The summed E-state index contributed by atoms with van der Waals surface area (Å²) in [6, 6.07) is 9.44. The summed E-state index contributed by atoms with van der Waals surface area (Å²) in [5.74, 6) is 2.24. The normalized spacial score (nSPS) is 10.7. The molecule has 0 spiro atoms. The van der Waals surface area contributed by atoms with E-state index in [1.54, 1.807) is 23.9 Å². The van der Waals surface area contributed by atoms with E-state index in [1.165, 1.54) is 6.92 Å². The molecule has 2 heterocycles. The van der Waals surface area contributed by atoms with Gasteiger partial charge in [-0.2, -0.15) is 10.1 Å². The third-order valence-corrected chi connectivity index (χ3v) is 3.62. The van der Waals surface area contributed by atoms with E-state index in [4.69, 9.17) is 4.74 Å². The van der Waals surface area contributed by atoms with Crippen molar-refractivity contribution in [2.45, 2.75) is 27.7 Å². The van der Waals surface area contributed by atoms with Crippen molar-refractivity contribution in [3.8, 4) is 17.4 Å². The molecular formula is C18H18N4O2. The first kappa shape index (κ1) is 15.9. The predicted octanol–water partition coefficient (Wildman–Crippen LogP) is 3.58. The van der Waals surface area contributed by atoms with Crippen molar-refractivity contribution >= 4 is 5.78 Å². The predicted molar refractivity (Wildman–Crippen MR) is 89.9 cm³/mol. The number of aryl methyl sites for hydroxylation is 2. The van der Waals surface area contributed by atoms with Crippen LogP contribution in [-0.4, -0.2) is 25.5 Å². The number of rotatable bonds is 4. The number of carbonyl (C=O) groups excluding carboxylic acids is 1. The maximum Gasteiger partial charge on any atom is 0.224 e. The zero-order valence-electron chi connectivity index (χ0n) is 14.1. The Hall–Kier alpha value is -3.02. The molecule has 2 aromatic heterocycles. The molecule has 0 aliphatic heterocycles. The quantitative estimate of drug-likeness (QED) is 0.687. The Morgan fingerprint density at radius 3 is 2.58 bits per heavy atom. The van der Waals surface area contributed by atoms with Crippen molar-refractivity contribution in [1.29, 1.82) is 0 Å². The average Bonchev–Trinajstić information content (AvgIpc) is 2.88. The fourth-order valence-electron chi connectivity index (χ4n) is 2.47. The fraction of sp³-hybridized carbons (Fsp3) is 0.222. The molecule has 0 aliphatic rings. The number of Topliss-reactive ketones (excluding diaryl/α,β-unsaturated/α-hetero) is 1. The van der Waals surface area contributed by atoms with Gasteiger partial charge in [-0.3, -0.25) is 4.79 Å². The van der Waals surface area contributed by atoms with Gasteiger partial charge in [0.05, 0.1) is 17.5 Å². The first-order valence-corrected chi connectivity index (χ1v) is 7.60. The van der Waals surface area contributed by atoms with E-state index in [-0.39, 0.29) is 5.78 Å². The van der Waals surface area contributed by atoms with Crippen LogP contribution in [0.4, 0.5) is 0 Å². The van der Waals surface area contributed by atoms with E-state index < -0.39 is 0 Å². The summed E-state index contributed by atoms with van der Waals surface area (Å²) in [6.45, 7) is 7.14. The number of hydrogen-bond acceptors (Lipinski definition) is 5. The summed E-state index contributed by atoms with van der Waals surface area (Å²) in [5, 5.41) is 4.26. The van der Waals surface area contributed by atoms with Crippen LogP contribution in [0, 0.1) is 20.8 Å². The van der Waals surface area contributed by atoms with Gasteiger partial charge in [0, 0.05) is 6.07 Å². The van der Waals surface area contributed by atoms with Crippen molar-refractivity contribution in [1.82, 2.24) is 19.7 Å². The summed E-state index contributed by atoms with van der Waals surface area (Å²) < 4.78 is 7.46. The molecule has 0 atom stereocenters. The topological polar surface area (TPSA) is 69.9 Å². The number of carbonyl (C=O) groups is 1. The van der Waals surface area contributed by atoms with Gasteiger partial charge in [-0.25, -0.2) is 9.67 Å². The molecule has 0 amide bonds. The number of hydrogen-bond donors (Lipinski definition) is 0. The van der Waals surface area contributed by atoms with Gasteiger partial charge in [0.15, 0.2) is 11.6 Å². The van der Waals surface area contributed by atoms with Crippen LogP contribution in [-0.2, 0) is 0 Å². The van der Waals surface area contributed by atoms with Gasteiger partial charge in [0.25, 0.3) is 0 Å². The lowest BCUT2D eigenvalue weighted by atomic mass is 10.2. The Kier molecular flexibility index (Phi) is 4.12. The van der Waals surface area contributed by atoms with Gasteiger partial charge in [0.1, 0.15) is 11.6 Å². The van der Waals surface area contributed by atoms with Crippen molar-refractivity contribution < 1.29 is 9.53 Å². The monoisotopic (exact) mass is 322 g/mol. The highest BCUT2D eigenvalue weighted by Crippen LogP contribution is 2.23. The minimum Gasteiger partial charge on any atom is -0.439 e. The number of ether oxygens (including phenoxy) is 1. The summed E-state index contributed by atoms with van der Waals surface area (Å²) in [4.78, 5) is 20.3. The second-order valence-electron chi connectivity index (χ2n) is 5.64. The number of ketones is 1. The van der Waals surface area contributed by atoms with E-state index in [2.05, 4.69) is 15.1 Å². The van der Waals surface area contributed by atoms with Gasteiger partial charge in [0.2, 0.25) is 5.88 Å². The van der Waals surface area contributed by atoms with E-state index in [1.807, 2.05) is 38.1 Å². The van der Waals surface area contributed by atoms with Crippen LogP contribution in [0.1, 0.15) is 34.4 Å². The van der Waals surface area contributed by atoms with Crippen molar-refractivity contribution in [3.05, 3.63) is 59.2 Å². The Labute approximate surface area is 140 Å². The van der Waals surface area contributed by atoms with Crippen LogP contribution in [0.25, 0.3) is 5.82 Å². The lowest BCUT2D eigenvalue weighted by Gasteiger charge is -2.09. The fourth-order valence-corrected chi connectivity index (χ4v) is 2.47. The van der Waals surface area contributed by atoms with E-state index in [0.717, 1.165) is 11.3 Å². The van der Waals surface area contributed by atoms with E-state index >= 15 is 0 Å². The lowest BCUT2D eigenvalue weighted by Crippen LogP contribution is -2.06. The van der Waals surface area contributed by atoms with Crippen LogP contribution in [0.15, 0.2) is 36.5 Å². The molecule has 24 heavy (non-hydrogen) atoms. The highest BCUT2D eigenvalue weighted by atomic mass is 16.5. The highest BCUT2D eigenvalue weighted by molar-refractivity contribution is 5.94. The van der Waals surface area contributed by atoms with Gasteiger partial charge in [-0.1, -0.05) is 12.1 Å². The SMILES string of the molecule is CC(=O)c1cnn(-c2cc(Oc3cccc(C)c3)nc(C)n2)c1C. The molecule has 0 aliphatic carbocycles. The molecule has 6 heteroatoms. The Balaban J connectivity index is 1.99. The largest absolute Gasteiger partial charge is 0.439 e. The standard InChI is InChI=1S/C18H18N4O2/c1-11-6-5-7-15(8-11)24-18-9-17(20-14(4)21-18)22-12(2)16(10-19-22)13(3)23/h5-10H,1-4H3. The van der Waals surface area contributed by atoms with Gasteiger partial charge < -0.3 is 4.74 Å². The molecule has 1 aromatic carbocycles. The van der Waals surface area contributed by atoms with Gasteiger partial charge in [-0.05, 0) is 45.4 Å². The third kappa shape index (κ3) is 3.17. The van der Waals surface area contributed by atoms with Crippen LogP contribution >= 0.6 is 0 Å². The summed E-state index contributed by atoms with van der Waals surface area (Å²) >= 11 is 0. The molecule has 6 nitrogen and oxygen atoms in total. The molecule has 0 N–H and O–H groups in total. The Morgan fingerprint density at radius 2 is 1.92 bits per heavy atom. The first-order chi connectivity index (χ1) is 11.4. The molecule has 0 saturated carbocycles. The minimum atomic E-state index is -0.0271. The second kappa shape index (κ2) is 6.23. The molecule has 0 bridgehead atoms. The maximum atomic E-state index is 11.6. The zero-order valence-corrected chi connectivity index (χ0v) is 14.1. The smallest absolute Gasteiger partial charge is 0.224 e. The summed E-state index contributed by atoms with van der Waals surface area (Å²) in [5.41, 5.74) is 2.42. The summed E-state index contributed by atoms with van der Waals surface area (Å²) in [6.07, 6.45) is 1.55. The zero-order chi connectivity index (χ0) is 17.3. The summed E-state index contributed by atoms with van der Waals surface area (Å²) in [7, 11) is 0. The molecule has 0 radical (unpaired) electrons. The minimum absolute atomic E-state index is 0.0271. The van der Waals surface area contributed by atoms with Crippen molar-refractivity contribution in [3.63, 3.8) is 0 Å². The van der Waals surface area contributed by atoms with E-state index in [9.17, 15) is 4.79 Å². The van der Waals surface area contributed by atoms with Gasteiger partial charge in [-0.15, -0.1) is 0 Å². The molecule has 0 fully saturated rings. The second-order valence-corrected chi connectivity index (χ2v) is 5.64. The molecular weight excluding hydrogens is 304 g/mol. The average molecular weight is 322 g/mol. The van der Waals surface area contributed by atoms with E-state index in [0.29, 0.717) is 28.8 Å². The van der Waals surface area contributed by atoms with Crippen LogP contribution in [0.5, 0.6) is 11.6 Å². The van der Waals surface area contributed by atoms with Crippen molar-refractivity contribution in [2.75, 3.05) is 0 Å². The number of aromatic nitrogens is 4. The molecule has 0 unspecified atom stereocenters. The first-order valence-electron chi connectivity index (χ1n) is 7.60. The Bertz CT molecular complexity index is 915. The molecule has 122 valence electrons. The Morgan fingerprint density at radius 1 is 1.12 bits per heavy atom. The lowest BCUT2D eigenvalue weighted by molar-refractivity contribution is 0.101. The molecule has 3 aromatic rings. The van der Waals surface area contributed by atoms with Crippen LogP contribution in [0.3, 0.4) is 0 Å². The number of nitrogens with zero attached hydrogens (tertiary/aromatic N) is 4. The maximum absolute atomic E-state index is 11.6. The molecule has 0 saturated heterocycles. The van der Waals surface area contributed by atoms with Crippen LogP contribution < -0.4 is 4.74 Å². The van der Waals surface area contributed by atoms with Crippen molar-refractivity contribution in [2.24, 2.45) is 0 Å². The highest BCUT2D eigenvalue weighted by Gasteiger charge is 2.14. The van der Waals surface area contributed by atoms with Gasteiger partial charge >= 0.3 is 0 Å². The molecule has 3 rings (SSSR count). The van der Waals surface area contributed by atoms with Crippen LogP contribution in [0.2, 0.25) is 0 Å². The third-order valence-electron chi connectivity index (χ3n) is 3.62. The number of benzene rings is 1.